The number of likely N-dealkylation sites (N-methyl/N-ethyl adjacent to an activating group) is 1. The van der Waals surface area contributed by atoms with Gasteiger partial charge in [0, 0.05) is 17.8 Å². The summed E-state index contributed by atoms with van der Waals surface area (Å²) in [6.45, 7) is 5.02. The fourth-order valence-electron chi connectivity index (χ4n) is 4.56. The Labute approximate surface area is 243 Å². The van der Waals surface area contributed by atoms with Gasteiger partial charge in [0.15, 0.2) is 17.3 Å². The maximum Gasteiger partial charge on any atom is 0.348 e. The molecule has 2 atom stereocenters. The van der Waals surface area contributed by atoms with Crippen LogP contribution in [-0.2, 0) is 0 Å². The number of nitrogens with two attached hydrogens (primary N) is 2. The number of primary amides is 1. The molecule has 0 fully saturated rings. The summed E-state index contributed by atoms with van der Waals surface area (Å²) in [6.07, 6.45) is -0.0869. The molecule has 42 heavy (non-hydrogen) atoms. The Morgan fingerprint density at radius 3 is 2.45 bits per heavy atom. The average Bonchev–Trinajstić information content (AvgIpc) is 3.33. The zero-order valence-corrected chi connectivity index (χ0v) is 24.0. The minimum atomic E-state index is -0.678. The molecular weight excluding hydrogens is 536 g/mol. The highest BCUT2D eigenvalue weighted by Crippen LogP contribution is 2.34. The number of para-hydroxylation sites is 1. The number of hydrogen-bond donors (Lipinski definition) is 5. The molecule has 3 aromatic carbocycles. The largest absolute Gasteiger partial charge is 0.490 e. The third-order valence-electron chi connectivity index (χ3n) is 6.36. The summed E-state index contributed by atoms with van der Waals surface area (Å²) in [5, 5.41) is 15.7. The summed E-state index contributed by atoms with van der Waals surface area (Å²) in [6, 6.07) is 18.4. The van der Waals surface area contributed by atoms with E-state index in [0.29, 0.717) is 29.4 Å². The SMILES string of the molecule is CCOc1cc(C(Nc2ccc(C(=N)N)cc2)c2nn(-c3ccccc3C(N)=O)c(=O)[nH]2)ccc1OC(C)CN(C)C. The Balaban J connectivity index is 1.79. The molecule has 0 saturated heterocycles. The molecule has 0 aliphatic carbocycles. The number of carbonyl (C=O) groups excluding carboxylic acids is 1. The summed E-state index contributed by atoms with van der Waals surface area (Å²) in [5.41, 5.74) is 13.1. The van der Waals surface area contributed by atoms with Crippen LogP contribution < -0.4 is 31.9 Å². The molecule has 1 amide bonds. The van der Waals surface area contributed by atoms with Gasteiger partial charge in [0.1, 0.15) is 18.0 Å². The van der Waals surface area contributed by atoms with Crippen LogP contribution in [0.25, 0.3) is 5.69 Å². The topological polar surface area (TPSA) is 177 Å². The second kappa shape index (κ2) is 13.0. The lowest BCUT2D eigenvalue weighted by molar-refractivity contribution is 0.1000. The molecule has 4 rings (SSSR count). The number of benzene rings is 3. The third kappa shape index (κ3) is 6.96. The van der Waals surface area contributed by atoms with Crippen molar-refractivity contribution in [2.75, 3.05) is 32.6 Å². The lowest BCUT2D eigenvalue weighted by Crippen LogP contribution is -2.28. The van der Waals surface area contributed by atoms with Crippen LogP contribution in [0.2, 0.25) is 0 Å². The van der Waals surface area contributed by atoms with Crippen molar-refractivity contribution in [1.82, 2.24) is 19.7 Å². The van der Waals surface area contributed by atoms with E-state index in [1.165, 1.54) is 6.07 Å². The van der Waals surface area contributed by atoms with E-state index in [9.17, 15) is 9.59 Å². The number of amidine groups is 1. The highest BCUT2D eigenvalue weighted by Gasteiger charge is 2.24. The van der Waals surface area contributed by atoms with Gasteiger partial charge in [-0.1, -0.05) is 18.2 Å². The van der Waals surface area contributed by atoms with Crippen LogP contribution >= 0.6 is 0 Å². The number of nitrogens with zero attached hydrogens (tertiary/aromatic N) is 3. The van der Waals surface area contributed by atoms with Crippen molar-refractivity contribution in [3.8, 4) is 17.2 Å². The maximum absolute atomic E-state index is 13.1. The van der Waals surface area contributed by atoms with Gasteiger partial charge in [0.2, 0.25) is 0 Å². The number of amides is 1. The van der Waals surface area contributed by atoms with Gasteiger partial charge in [-0.2, -0.15) is 4.68 Å². The second-order valence-electron chi connectivity index (χ2n) is 10.0. The maximum atomic E-state index is 13.1. The van der Waals surface area contributed by atoms with Crippen LogP contribution in [0.15, 0.2) is 71.5 Å². The number of aromatic amines is 1. The molecule has 0 aliphatic heterocycles. The summed E-state index contributed by atoms with van der Waals surface area (Å²) < 4.78 is 13.2. The van der Waals surface area contributed by atoms with Crippen molar-refractivity contribution in [2.24, 2.45) is 11.5 Å². The first-order valence-corrected chi connectivity index (χ1v) is 13.4. The molecule has 0 bridgehead atoms. The minimum Gasteiger partial charge on any atom is -0.490 e. The molecule has 12 heteroatoms. The van der Waals surface area contributed by atoms with Gasteiger partial charge in [-0.05, 0) is 82.0 Å². The van der Waals surface area contributed by atoms with Crippen LogP contribution in [0.1, 0.15) is 47.2 Å². The number of aromatic nitrogens is 3. The van der Waals surface area contributed by atoms with Crippen LogP contribution in [-0.4, -0.2) is 64.8 Å². The van der Waals surface area contributed by atoms with E-state index in [4.69, 9.17) is 26.4 Å². The molecule has 220 valence electrons. The Kier molecular flexibility index (Phi) is 9.28. The van der Waals surface area contributed by atoms with E-state index in [0.717, 1.165) is 16.8 Å². The van der Waals surface area contributed by atoms with Crippen molar-refractivity contribution < 1.29 is 14.3 Å². The zero-order valence-electron chi connectivity index (χ0n) is 24.0. The summed E-state index contributed by atoms with van der Waals surface area (Å²) in [7, 11) is 3.96. The number of H-pyrrole nitrogens is 1. The second-order valence-corrected chi connectivity index (χ2v) is 10.0. The van der Waals surface area contributed by atoms with Crippen molar-refractivity contribution in [3.63, 3.8) is 0 Å². The molecule has 0 radical (unpaired) electrons. The quantitative estimate of drug-likeness (QED) is 0.120. The summed E-state index contributed by atoms with van der Waals surface area (Å²) >= 11 is 0. The highest BCUT2D eigenvalue weighted by molar-refractivity contribution is 5.96. The molecule has 1 aromatic heterocycles. The van der Waals surface area contributed by atoms with Gasteiger partial charge >= 0.3 is 5.69 Å². The van der Waals surface area contributed by atoms with E-state index >= 15 is 0 Å². The van der Waals surface area contributed by atoms with Crippen molar-refractivity contribution in [2.45, 2.75) is 26.0 Å². The van der Waals surface area contributed by atoms with Crippen LogP contribution in [0.3, 0.4) is 0 Å². The first-order valence-electron chi connectivity index (χ1n) is 13.4. The van der Waals surface area contributed by atoms with Gasteiger partial charge < -0.3 is 31.2 Å². The molecule has 0 saturated carbocycles. The fourth-order valence-corrected chi connectivity index (χ4v) is 4.56. The number of nitrogen functional groups attached to an aromatic ring is 1. The average molecular weight is 573 g/mol. The summed E-state index contributed by atoms with van der Waals surface area (Å²) in [5.74, 6) is 0.693. The van der Waals surface area contributed by atoms with Gasteiger partial charge in [-0.3, -0.25) is 15.2 Å². The Morgan fingerprint density at radius 1 is 1.10 bits per heavy atom. The molecule has 0 spiro atoms. The fraction of sp³-hybridized carbons (Fsp3) is 0.267. The van der Waals surface area contributed by atoms with E-state index in [1.807, 2.05) is 51.0 Å². The van der Waals surface area contributed by atoms with Crippen molar-refractivity contribution in [1.29, 1.82) is 5.41 Å². The van der Waals surface area contributed by atoms with Crippen LogP contribution in [0.4, 0.5) is 5.69 Å². The molecule has 12 nitrogen and oxygen atoms in total. The standard InChI is InChI=1S/C30H36N8O4/c1-5-41-25-16-20(12-15-24(25)42-18(2)17-37(3)4)26(34-21-13-10-19(11-14-21)27(31)32)29-35-30(40)38(36-29)23-9-7-6-8-22(23)28(33)39/h6-16,18,26,34H,5,17H2,1-4H3,(H3,31,32)(H2,33,39)(H,35,36,40). The number of ether oxygens (including phenoxy) is 2. The molecule has 4 aromatic rings. The number of nitrogens with one attached hydrogen (secondary N) is 3. The number of carbonyl (C=O) groups is 1. The minimum absolute atomic E-state index is 0.0465. The highest BCUT2D eigenvalue weighted by atomic mass is 16.5. The van der Waals surface area contributed by atoms with Gasteiger partial charge in [0.25, 0.3) is 5.91 Å². The Morgan fingerprint density at radius 2 is 1.81 bits per heavy atom. The lowest BCUT2D eigenvalue weighted by Gasteiger charge is -2.23. The van der Waals surface area contributed by atoms with Gasteiger partial charge in [-0.15, -0.1) is 5.10 Å². The predicted molar refractivity (Wildman–Crippen MR) is 162 cm³/mol. The summed E-state index contributed by atoms with van der Waals surface area (Å²) in [4.78, 5) is 30.1. The van der Waals surface area contributed by atoms with E-state index in [1.54, 1.807) is 42.5 Å². The number of hydrogen-bond acceptors (Lipinski definition) is 8. The smallest absolute Gasteiger partial charge is 0.348 e. The zero-order chi connectivity index (χ0) is 30.4. The normalized spacial score (nSPS) is 12.5. The van der Waals surface area contributed by atoms with Crippen molar-refractivity contribution >= 4 is 17.4 Å². The molecule has 0 aliphatic rings. The third-order valence-corrected chi connectivity index (χ3v) is 6.36. The van der Waals surface area contributed by atoms with Crippen LogP contribution in [0.5, 0.6) is 11.5 Å². The monoisotopic (exact) mass is 572 g/mol. The van der Waals surface area contributed by atoms with E-state index in [2.05, 4.69) is 15.4 Å². The Bertz CT molecular complexity index is 1610. The lowest BCUT2D eigenvalue weighted by atomic mass is 10.0. The van der Waals surface area contributed by atoms with E-state index < -0.39 is 17.6 Å². The first-order chi connectivity index (χ1) is 20.1. The van der Waals surface area contributed by atoms with Crippen molar-refractivity contribution in [3.05, 3.63) is 99.7 Å². The molecule has 2 unspecified atom stereocenters. The Hall–Kier alpha value is -5.10. The molecule has 7 N–H and O–H groups in total. The molecule has 1 heterocycles. The predicted octanol–water partition coefficient (Wildman–Crippen LogP) is 2.87. The van der Waals surface area contributed by atoms with Crippen LogP contribution in [0, 0.1) is 5.41 Å². The number of rotatable bonds is 13. The van der Waals surface area contributed by atoms with E-state index in [-0.39, 0.29) is 29.0 Å². The molecular formula is C30H36N8O4. The van der Waals surface area contributed by atoms with Gasteiger partial charge in [0.05, 0.1) is 17.9 Å². The van der Waals surface area contributed by atoms with Gasteiger partial charge in [-0.25, -0.2) is 4.79 Å². The number of anilines is 1. The first kappa shape index (κ1) is 29.9.